The minimum atomic E-state index is -0.280. The van der Waals surface area contributed by atoms with Gasteiger partial charge in [0.1, 0.15) is 0 Å². The Labute approximate surface area is 173 Å². The fourth-order valence-electron chi connectivity index (χ4n) is 3.60. The van der Waals surface area contributed by atoms with E-state index >= 15 is 0 Å². The largest absolute Gasteiger partial charge is 0.450 e. The summed E-state index contributed by atoms with van der Waals surface area (Å²) in [5, 5.41) is 5.99. The summed E-state index contributed by atoms with van der Waals surface area (Å²) in [5.41, 5.74) is 2.24. The molecular weight excluding hydrogens is 386 g/mol. The molecule has 1 aromatic carbocycles. The highest BCUT2D eigenvalue weighted by Crippen LogP contribution is 2.28. The molecule has 4 rings (SSSR count). The number of piperidine rings is 1. The summed E-state index contributed by atoms with van der Waals surface area (Å²) in [4.78, 5) is 32.4. The van der Waals surface area contributed by atoms with Crippen LogP contribution >= 0.6 is 11.3 Å². The number of ether oxygens (including phenoxy) is 1. The Morgan fingerprint density at radius 2 is 2.00 bits per heavy atom. The van der Waals surface area contributed by atoms with E-state index in [9.17, 15) is 9.59 Å². The number of pyridine rings is 1. The number of aromatic nitrogens is 1. The van der Waals surface area contributed by atoms with Gasteiger partial charge in [0.05, 0.1) is 28.3 Å². The van der Waals surface area contributed by atoms with Gasteiger partial charge in [0, 0.05) is 24.5 Å². The molecule has 0 atom stereocenters. The zero-order valence-corrected chi connectivity index (χ0v) is 17.1. The average Bonchev–Trinajstić information content (AvgIpc) is 3.28. The molecule has 0 saturated carbocycles. The fraction of sp³-hybridized carbons (Fsp3) is 0.318. The maximum atomic E-state index is 13.1. The van der Waals surface area contributed by atoms with Gasteiger partial charge in [-0.3, -0.25) is 4.79 Å². The van der Waals surface area contributed by atoms with Crippen molar-refractivity contribution < 1.29 is 14.3 Å². The second-order valence-electron chi connectivity index (χ2n) is 6.98. The summed E-state index contributed by atoms with van der Waals surface area (Å²) in [6.07, 6.45) is 1.15. The van der Waals surface area contributed by atoms with E-state index in [1.54, 1.807) is 23.2 Å². The van der Waals surface area contributed by atoms with Gasteiger partial charge in [0.15, 0.2) is 0 Å². The molecular formula is C22H23N3O3S. The number of carbonyl (C=O) groups excluding carboxylic acids is 2. The van der Waals surface area contributed by atoms with Gasteiger partial charge in [-0.05, 0) is 43.3 Å². The van der Waals surface area contributed by atoms with Crippen LogP contribution in [0.4, 0.5) is 4.79 Å². The maximum absolute atomic E-state index is 13.1. The molecule has 0 unspecified atom stereocenters. The van der Waals surface area contributed by atoms with Crippen LogP contribution in [-0.4, -0.2) is 47.6 Å². The topological polar surface area (TPSA) is 71.5 Å². The number of thiophene rings is 1. The van der Waals surface area contributed by atoms with Crippen LogP contribution in [0.2, 0.25) is 0 Å². The first-order chi connectivity index (χ1) is 14.2. The first kappa shape index (κ1) is 19.4. The molecule has 7 heteroatoms. The van der Waals surface area contributed by atoms with Crippen LogP contribution in [0.3, 0.4) is 0 Å². The third kappa shape index (κ3) is 4.24. The molecule has 3 heterocycles. The van der Waals surface area contributed by atoms with Crippen LogP contribution in [-0.2, 0) is 4.74 Å². The van der Waals surface area contributed by atoms with Gasteiger partial charge in [-0.2, -0.15) is 0 Å². The van der Waals surface area contributed by atoms with Crippen LogP contribution in [0.15, 0.2) is 47.8 Å². The second-order valence-corrected chi connectivity index (χ2v) is 7.93. The highest BCUT2D eigenvalue weighted by molar-refractivity contribution is 7.13. The van der Waals surface area contributed by atoms with Crippen LogP contribution in [0.5, 0.6) is 0 Å². The standard InChI is InChI=1S/C22H23N3O3S/c1-2-28-22(27)25-11-9-15(10-12-25)23-21(26)17-14-19(20-8-5-13-29-20)24-18-7-4-3-6-16(17)18/h3-8,13-15H,2,9-12H2,1H3,(H,23,26). The third-order valence-electron chi connectivity index (χ3n) is 5.09. The number of amides is 2. The second kappa shape index (κ2) is 8.61. The summed E-state index contributed by atoms with van der Waals surface area (Å²) in [6.45, 7) is 3.34. The highest BCUT2D eigenvalue weighted by atomic mass is 32.1. The van der Waals surface area contributed by atoms with Crippen LogP contribution in [0.1, 0.15) is 30.1 Å². The summed E-state index contributed by atoms with van der Waals surface area (Å²) in [6, 6.07) is 13.6. The van der Waals surface area contributed by atoms with Crippen molar-refractivity contribution in [3.05, 3.63) is 53.4 Å². The molecule has 2 amide bonds. The first-order valence-electron chi connectivity index (χ1n) is 9.82. The lowest BCUT2D eigenvalue weighted by Crippen LogP contribution is -2.46. The molecule has 2 aromatic heterocycles. The van der Waals surface area contributed by atoms with Crippen molar-refractivity contribution in [2.24, 2.45) is 0 Å². The van der Waals surface area contributed by atoms with Gasteiger partial charge < -0.3 is 15.0 Å². The molecule has 0 aliphatic carbocycles. The van der Waals surface area contributed by atoms with Crippen molar-refractivity contribution in [1.82, 2.24) is 15.2 Å². The van der Waals surface area contributed by atoms with Crippen LogP contribution in [0.25, 0.3) is 21.5 Å². The fourth-order valence-corrected chi connectivity index (χ4v) is 4.28. The lowest BCUT2D eigenvalue weighted by molar-refractivity contribution is 0.0861. The van der Waals surface area contributed by atoms with E-state index in [0.29, 0.717) is 38.1 Å². The first-order valence-corrected chi connectivity index (χ1v) is 10.7. The van der Waals surface area contributed by atoms with Crippen molar-refractivity contribution in [3.8, 4) is 10.6 Å². The number of benzene rings is 1. The Hall–Kier alpha value is -2.93. The molecule has 3 aromatic rings. The number of rotatable bonds is 4. The number of para-hydroxylation sites is 1. The van der Waals surface area contributed by atoms with Crippen molar-refractivity contribution in [3.63, 3.8) is 0 Å². The molecule has 0 bridgehead atoms. The van der Waals surface area contributed by atoms with E-state index < -0.39 is 0 Å². The maximum Gasteiger partial charge on any atom is 0.409 e. The van der Waals surface area contributed by atoms with Crippen molar-refractivity contribution >= 4 is 34.2 Å². The smallest absolute Gasteiger partial charge is 0.409 e. The Morgan fingerprint density at radius 3 is 2.72 bits per heavy atom. The molecule has 1 aliphatic rings. The molecule has 0 spiro atoms. The molecule has 1 fully saturated rings. The SMILES string of the molecule is CCOC(=O)N1CCC(NC(=O)c2cc(-c3cccs3)nc3ccccc23)CC1. The van der Waals surface area contributed by atoms with Gasteiger partial charge >= 0.3 is 6.09 Å². The Balaban J connectivity index is 1.52. The number of likely N-dealkylation sites (tertiary alicyclic amines) is 1. The predicted octanol–water partition coefficient (Wildman–Crippen LogP) is 4.31. The molecule has 29 heavy (non-hydrogen) atoms. The van der Waals surface area contributed by atoms with E-state index in [1.165, 1.54) is 0 Å². The lowest BCUT2D eigenvalue weighted by Gasteiger charge is -2.31. The lowest BCUT2D eigenvalue weighted by atomic mass is 10.0. The number of hydrogen-bond acceptors (Lipinski definition) is 5. The summed E-state index contributed by atoms with van der Waals surface area (Å²) >= 11 is 1.60. The number of hydrogen-bond donors (Lipinski definition) is 1. The summed E-state index contributed by atoms with van der Waals surface area (Å²) < 4.78 is 5.06. The molecule has 150 valence electrons. The van der Waals surface area contributed by atoms with E-state index in [0.717, 1.165) is 21.5 Å². The van der Waals surface area contributed by atoms with Crippen molar-refractivity contribution in [2.75, 3.05) is 19.7 Å². The predicted molar refractivity (Wildman–Crippen MR) is 114 cm³/mol. The molecule has 0 radical (unpaired) electrons. The normalized spacial score (nSPS) is 14.7. The van der Waals surface area contributed by atoms with Gasteiger partial charge in [-0.1, -0.05) is 24.3 Å². The minimum absolute atomic E-state index is 0.0327. The quantitative estimate of drug-likeness (QED) is 0.697. The average molecular weight is 410 g/mol. The molecule has 1 N–H and O–H groups in total. The van der Waals surface area contributed by atoms with Gasteiger partial charge in [-0.15, -0.1) is 11.3 Å². The van der Waals surface area contributed by atoms with E-state index in [1.807, 2.05) is 47.8 Å². The van der Waals surface area contributed by atoms with Crippen molar-refractivity contribution in [2.45, 2.75) is 25.8 Å². The Kier molecular flexibility index (Phi) is 5.76. The summed E-state index contributed by atoms with van der Waals surface area (Å²) in [5.74, 6) is -0.101. The number of carbonyl (C=O) groups is 2. The molecule has 1 aliphatic heterocycles. The molecule has 6 nitrogen and oxygen atoms in total. The van der Waals surface area contributed by atoms with Crippen LogP contribution < -0.4 is 5.32 Å². The van der Waals surface area contributed by atoms with Gasteiger partial charge in [0.25, 0.3) is 5.91 Å². The van der Waals surface area contributed by atoms with Crippen LogP contribution in [0, 0.1) is 0 Å². The number of nitrogens with one attached hydrogen (secondary N) is 1. The van der Waals surface area contributed by atoms with E-state index in [2.05, 4.69) is 5.32 Å². The van der Waals surface area contributed by atoms with Crippen molar-refractivity contribution in [1.29, 1.82) is 0 Å². The van der Waals surface area contributed by atoms with Gasteiger partial charge in [0.2, 0.25) is 0 Å². The Bertz CT molecular complexity index is 1010. The zero-order chi connectivity index (χ0) is 20.2. The van der Waals surface area contributed by atoms with Gasteiger partial charge in [-0.25, -0.2) is 9.78 Å². The highest BCUT2D eigenvalue weighted by Gasteiger charge is 2.25. The Morgan fingerprint density at radius 1 is 1.21 bits per heavy atom. The monoisotopic (exact) mass is 409 g/mol. The minimum Gasteiger partial charge on any atom is -0.450 e. The number of nitrogens with zero attached hydrogens (tertiary/aromatic N) is 2. The third-order valence-corrected chi connectivity index (χ3v) is 5.98. The summed E-state index contributed by atoms with van der Waals surface area (Å²) in [7, 11) is 0. The molecule has 1 saturated heterocycles. The van der Waals surface area contributed by atoms with E-state index in [-0.39, 0.29) is 18.0 Å². The number of fused-ring (bicyclic) bond motifs is 1. The zero-order valence-electron chi connectivity index (χ0n) is 16.3. The van der Waals surface area contributed by atoms with E-state index in [4.69, 9.17) is 9.72 Å².